The lowest BCUT2D eigenvalue weighted by Gasteiger charge is -2.33. The Morgan fingerprint density at radius 1 is 1.24 bits per heavy atom. The average Bonchev–Trinajstić information content (AvgIpc) is 3.37. The van der Waals surface area contributed by atoms with Gasteiger partial charge in [-0.1, -0.05) is 17.8 Å². The van der Waals surface area contributed by atoms with E-state index < -0.39 is 6.17 Å². The highest BCUT2D eigenvalue weighted by atomic mass is 32.2. The molecule has 6 nitrogen and oxygen atoms in total. The highest BCUT2D eigenvalue weighted by molar-refractivity contribution is 8.14. The standard InChI is InChI=1S/C24H23FN4O2S2/c25-15-2-1-7-29(11-15)24(31)14-4-6-17-19(8-14)33-23-21(17)22(26-12-27-23)28-16-5-3-13-9-20(30)32-18(13)10-16/h3,5,10,12,14-15H,1-2,4,6-9,11H2,(H,26,27,28). The fourth-order valence-corrected chi connectivity index (χ4v) is 7.32. The number of anilines is 2. The van der Waals surface area contributed by atoms with Crippen molar-refractivity contribution in [3.8, 4) is 0 Å². The van der Waals surface area contributed by atoms with Crippen molar-refractivity contribution in [2.45, 2.75) is 49.6 Å². The van der Waals surface area contributed by atoms with Gasteiger partial charge < -0.3 is 10.2 Å². The van der Waals surface area contributed by atoms with Crippen LogP contribution in [-0.2, 0) is 28.9 Å². The number of aryl methyl sites for hydroxylation is 1. The lowest BCUT2D eigenvalue weighted by molar-refractivity contribution is -0.138. The maximum absolute atomic E-state index is 13.8. The summed E-state index contributed by atoms with van der Waals surface area (Å²) in [6, 6.07) is 5.98. The van der Waals surface area contributed by atoms with Crippen molar-refractivity contribution >= 4 is 55.8 Å². The van der Waals surface area contributed by atoms with Crippen LogP contribution >= 0.6 is 23.1 Å². The van der Waals surface area contributed by atoms with Crippen molar-refractivity contribution in [3.63, 3.8) is 0 Å². The summed E-state index contributed by atoms with van der Waals surface area (Å²) in [7, 11) is 0. The Hall–Kier alpha value is -2.52. The Balaban J connectivity index is 1.26. The number of benzene rings is 1. The lowest BCUT2D eigenvalue weighted by Crippen LogP contribution is -2.44. The molecule has 170 valence electrons. The van der Waals surface area contributed by atoms with Crippen molar-refractivity contribution in [2.24, 2.45) is 5.92 Å². The molecule has 1 aliphatic carbocycles. The molecule has 0 saturated carbocycles. The number of alkyl halides is 1. The number of rotatable bonds is 3. The molecule has 2 aromatic heterocycles. The zero-order valence-electron chi connectivity index (χ0n) is 18.0. The van der Waals surface area contributed by atoms with E-state index in [0.29, 0.717) is 25.8 Å². The fourth-order valence-electron chi connectivity index (χ4n) is 5.12. The van der Waals surface area contributed by atoms with Gasteiger partial charge in [0.15, 0.2) is 5.12 Å². The number of hydrogen-bond donors (Lipinski definition) is 1. The summed E-state index contributed by atoms with van der Waals surface area (Å²) in [4.78, 5) is 38.6. The van der Waals surface area contributed by atoms with Gasteiger partial charge in [0.05, 0.1) is 11.9 Å². The maximum Gasteiger partial charge on any atom is 0.226 e. The van der Waals surface area contributed by atoms with Gasteiger partial charge in [-0.2, -0.15) is 0 Å². The summed E-state index contributed by atoms with van der Waals surface area (Å²) in [6.07, 6.45) is 4.68. The smallest absolute Gasteiger partial charge is 0.226 e. The van der Waals surface area contributed by atoms with Gasteiger partial charge in [-0.3, -0.25) is 9.59 Å². The van der Waals surface area contributed by atoms with Gasteiger partial charge in [-0.15, -0.1) is 11.3 Å². The average molecular weight is 483 g/mol. The maximum atomic E-state index is 13.8. The molecule has 2 aliphatic heterocycles. The Morgan fingerprint density at radius 2 is 2.15 bits per heavy atom. The molecular formula is C24H23FN4O2S2. The molecule has 0 bridgehead atoms. The molecule has 1 saturated heterocycles. The second kappa shape index (κ2) is 8.36. The molecule has 9 heteroatoms. The van der Waals surface area contributed by atoms with E-state index in [1.54, 1.807) is 22.6 Å². The van der Waals surface area contributed by atoms with E-state index in [2.05, 4.69) is 15.3 Å². The highest BCUT2D eigenvalue weighted by Gasteiger charge is 2.33. The number of hydrogen-bond acceptors (Lipinski definition) is 7. The van der Waals surface area contributed by atoms with E-state index in [1.165, 1.54) is 22.2 Å². The van der Waals surface area contributed by atoms with E-state index in [1.807, 2.05) is 18.2 Å². The van der Waals surface area contributed by atoms with Crippen molar-refractivity contribution in [1.29, 1.82) is 0 Å². The Kier molecular flexibility index (Phi) is 5.33. The molecular weight excluding hydrogens is 459 g/mol. The van der Waals surface area contributed by atoms with Gasteiger partial charge in [-0.05, 0) is 55.4 Å². The summed E-state index contributed by atoms with van der Waals surface area (Å²) in [5.74, 6) is 0.759. The topological polar surface area (TPSA) is 75.2 Å². The summed E-state index contributed by atoms with van der Waals surface area (Å²) in [6.45, 7) is 0.901. The minimum atomic E-state index is -0.897. The largest absolute Gasteiger partial charge is 0.340 e. The molecule has 1 N–H and O–H groups in total. The van der Waals surface area contributed by atoms with Crippen LogP contribution in [0.3, 0.4) is 0 Å². The first-order valence-corrected chi connectivity index (χ1v) is 13.0. The zero-order valence-corrected chi connectivity index (χ0v) is 19.6. The summed E-state index contributed by atoms with van der Waals surface area (Å²) >= 11 is 2.92. The van der Waals surface area contributed by atoms with Gasteiger partial charge in [0, 0.05) is 34.3 Å². The second-order valence-electron chi connectivity index (χ2n) is 8.97. The fraction of sp³-hybridized carbons (Fsp3) is 0.417. The number of likely N-dealkylation sites (tertiary alicyclic amines) is 1. The third kappa shape index (κ3) is 3.91. The molecule has 33 heavy (non-hydrogen) atoms. The van der Waals surface area contributed by atoms with Crippen LogP contribution in [0.4, 0.5) is 15.9 Å². The number of halogens is 1. The molecule has 1 fully saturated rings. The normalized spacial score (nSPS) is 22.3. The number of nitrogens with zero attached hydrogens (tertiary/aromatic N) is 3. The third-order valence-corrected chi connectivity index (χ3v) is 8.89. The molecule has 4 heterocycles. The first-order chi connectivity index (χ1) is 16.0. The van der Waals surface area contributed by atoms with Gasteiger partial charge in [0.1, 0.15) is 23.1 Å². The summed E-state index contributed by atoms with van der Waals surface area (Å²) in [5.41, 5.74) is 3.18. The van der Waals surface area contributed by atoms with Crippen LogP contribution in [0, 0.1) is 5.92 Å². The van der Waals surface area contributed by atoms with Crippen LogP contribution in [0.1, 0.15) is 35.3 Å². The molecule has 2 atom stereocenters. The Labute approximate surface area is 199 Å². The number of carbonyl (C=O) groups excluding carboxylic acids is 2. The number of fused-ring (bicyclic) bond motifs is 4. The number of thiophene rings is 1. The summed E-state index contributed by atoms with van der Waals surface area (Å²) < 4.78 is 13.8. The van der Waals surface area contributed by atoms with Crippen LogP contribution in [0.15, 0.2) is 29.4 Å². The number of aromatic nitrogens is 2. The first-order valence-electron chi connectivity index (χ1n) is 11.3. The predicted octanol–water partition coefficient (Wildman–Crippen LogP) is 4.68. The second-order valence-corrected chi connectivity index (χ2v) is 11.2. The van der Waals surface area contributed by atoms with Crippen LogP contribution in [-0.4, -0.2) is 45.2 Å². The number of thioether (sulfide) groups is 1. The molecule has 1 aromatic carbocycles. The van der Waals surface area contributed by atoms with E-state index in [-0.39, 0.29) is 23.5 Å². The molecule has 1 amide bonds. The Morgan fingerprint density at radius 3 is 3.03 bits per heavy atom. The zero-order chi connectivity index (χ0) is 22.5. The molecule has 6 rings (SSSR count). The third-order valence-electron chi connectivity index (χ3n) is 6.76. The van der Waals surface area contributed by atoms with Gasteiger partial charge in [0.25, 0.3) is 0 Å². The van der Waals surface area contributed by atoms with E-state index in [9.17, 15) is 14.0 Å². The molecule has 3 aromatic rings. The lowest BCUT2D eigenvalue weighted by atomic mass is 9.86. The van der Waals surface area contributed by atoms with Crippen LogP contribution in [0.2, 0.25) is 0 Å². The SMILES string of the molecule is O=C1Cc2ccc(Nc3ncnc4sc5c(c34)CCC(C(=O)N3CCCC(F)C3)C5)cc2S1. The van der Waals surface area contributed by atoms with Gasteiger partial charge >= 0.3 is 0 Å². The number of piperidine rings is 1. The van der Waals surface area contributed by atoms with Crippen LogP contribution in [0.25, 0.3) is 10.2 Å². The monoisotopic (exact) mass is 482 g/mol. The molecule has 3 aliphatic rings. The van der Waals surface area contributed by atoms with Crippen molar-refractivity contribution < 1.29 is 14.0 Å². The minimum absolute atomic E-state index is 0.0912. The highest BCUT2D eigenvalue weighted by Crippen LogP contribution is 2.41. The van der Waals surface area contributed by atoms with E-state index in [0.717, 1.165) is 51.4 Å². The van der Waals surface area contributed by atoms with Crippen molar-refractivity contribution in [3.05, 3.63) is 40.5 Å². The van der Waals surface area contributed by atoms with Crippen molar-refractivity contribution in [1.82, 2.24) is 14.9 Å². The minimum Gasteiger partial charge on any atom is -0.340 e. The van der Waals surface area contributed by atoms with Crippen LogP contribution < -0.4 is 5.32 Å². The van der Waals surface area contributed by atoms with E-state index >= 15 is 0 Å². The first kappa shape index (κ1) is 21.0. The molecule has 0 spiro atoms. The predicted molar refractivity (Wildman–Crippen MR) is 128 cm³/mol. The van der Waals surface area contributed by atoms with Gasteiger partial charge in [-0.25, -0.2) is 14.4 Å². The Bertz CT molecular complexity index is 1280. The summed E-state index contributed by atoms with van der Waals surface area (Å²) in [5, 5.41) is 4.63. The molecule has 2 unspecified atom stereocenters. The number of nitrogens with one attached hydrogen (secondary N) is 1. The number of amides is 1. The molecule has 0 radical (unpaired) electrons. The van der Waals surface area contributed by atoms with Gasteiger partial charge in [0.2, 0.25) is 5.91 Å². The quantitative estimate of drug-likeness (QED) is 0.585. The van der Waals surface area contributed by atoms with Crippen LogP contribution in [0.5, 0.6) is 0 Å². The number of carbonyl (C=O) groups is 2. The van der Waals surface area contributed by atoms with Crippen molar-refractivity contribution in [2.75, 3.05) is 18.4 Å². The van der Waals surface area contributed by atoms with E-state index in [4.69, 9.17) is 0 Å².